The van der Waals surface area contributed by atoms with Gasteiger partial charge in [0.15, 0.2) is 0 Å². The molecule has 0 bridgehead atoms. The molecular formula is C56H36N6. The van der Waals surface area contributed by atoms with Gasteiger partial charge in [0.25, 0.3) is 0 Å². The number of rotatable bonds is 7. The molecule has 12 rings (SSSR count). The van der Waals surface area contributed by atoms with E-state index < -0.39 is 0 Å². The molecule has 0 saturated heterocycles. The van der Waals surface area contributed by atoms with Crippen LogP contribution < -0.4 is 0 Å². The highest BCUT2D eigenvalue weighted by molar-refractivity contribution is 6.10. The Kier molecular flexibility index (Phi) is 8.38. The van der Waals surface area contributed by atoms with Crippen molar-refractivity contribution in [3.05, 3.63) is 218 Å². The Morgan fingerprint density at radius 2 is 0.532 bits per heavy atom. The van der Waals surface area contributed by atoms with Gasteiger partial charge in [0.2, 0.25) is 0 Å². The number of nitrogens with zero attached hydrogens (tertiary/aromatic N) is 6. The lowest BCUT2D eigenvalue weighted by molar-refractivity contribution is 1.07. The number of hydrogen-bond acceptors (Lipinski definition) is 4. The van der Waals surface area contributed by atoms with Crippen LogP contribution in [0.1, 0.15) is 0 Å². The van der Waals surface area contributed by atoms with Crippen molar-refractivity contribution in [1.82, 2.24) is 29.1 Å². The molecule has 6 aromatic carbocycles. The fraction of sp³-hybridized carbons (Fsp3) is 0. The number of aromatic nitrogens is 6. The zero-order valence-electron chi connectivity index (χ0n) is 33.5. The van der Waals surface area contributed by atoms with Crippen molar-refractivity contribution in [3.8, 4) is 68.1 Å². The van der Waals surface area contributed by atoms with E-state index in [0.29, 0.717) is 0 Å². The molecule has 0 saturated carbocycles. The summed E-state index contributed by atoms with van der Waals surface area (Å²) in [7, 11) is 0. The summed E-state index contributed by atoms with van der Waals surface area (Å²) in [6, 6.07) is 75.8. The number of para-hydroxylation sites is 4. The van der Waals surface area contributed by atoms with Crippen LogP contribution in [-0.4, -0.2) is 29.1 Å². The Balaban J connectivity index is 1.04. The van der Waals surface area contributed by atoms with Gasteiger partial charge >= 0.3 is 0 Å². The number of hydrogen-bond donors (Lipinski definition) is 0. The zero-order chi connectivity index (χ0) is 41.0. The fourth-order valence-corrected chi connectivity index (χ4v) is 8.90. The molecule has 0 N–H and O–H groups in total. The van der Waals surface area contributed by atoms with Gasteiger partial charge in [0.05, 0.1) is 56.2 Å². The van der Waals surface area contributed by atoms with Crippen molar-refractivity contribution >= 4 is 43.6 Å². The topological polar surface area (TPSA) is 61.4 Å². The Morgan fingerprint density at radius 3 is 0.887 bits per heavy atom. The molecule has 12 aromatic rings. The normalized spacial score (nSPS) is 11.5. The Bertz CT molecular complexity index is 3290. The van der Waals surface area contributed by atoms with Crippen molar-refractivity contribution in [1.29, 1.82) is 0 Å². The maximum atomic E-state index is 5.38. The SMILES string of the molecule is c1ccc(-c2cc(-c3cc(-c4ccccc4)cc(-c4cccc(-n5c6ccccc6c6ccccc65)n4)n3)nc(-c3cccc(-n4c5ccccc5c5ccccc54)n3)c2)cc1. The third-order valence-corrected chi connectivity index (χ3v) is 11.7. The first-order valence-corrected chi connectivity index (χ1v) is 20.8. The van der Waals surface area contributed by atoms with Gasteiger partial charge in [-0.15, -0.1) is 0 Å². The highest BCUT2D eigenvalue weighted by atomic mass is 15.1. The minimum atomic E-state index is 0.739. The van der Waals surface area contributed by atoms with E-state index in [4.69, 9.17) is 19.9 Å². The van der Waals surface area contributed by atoms with Crippen LogP contribution in [0.5, 0.6) is 0 Å². The maximum Gasteiger partial charge on any atom is 0.138 e. The van der Waals surface area contributed by atoms with Crippen LogP contribution in [0.3, 0.4) is 0 Å². The van der Waals surface area contributed by atoms with Crippen LogP contribution in [0.25, 0.3) is 112 Å². The third kappa shape index (κ3) is 6.04. The van der Waals surface area contributed by atoms with E-state index in [1.807, 2.05) is 24.3 Å². The lowest BCUT2D eigenvalue weighted by Gasteiger charge is -2.14. The van der Waals surface area contributed by atoms with Crippen LogP contribution in [0.15, 0.2) is 218 Å². The predicted molar refractivity (Wildman–Crippen MR) is 253 cm³/mol. The molecule has 290 valence electrons. The van der Waals surface area contributed by atoms with E-state index >= 15 is 0 Å². The van der Waals surface area contributed by atoms with Crippen LogP contribution in [-0.2, 0) is 0 Å². The molecule has 0 aliphatic rings. The van der Waals surface area contributed by atoms with Crippen LogP contribution in [0.2, 0.25) is 0 Å². The van der Waals surface area contributed by atoms with Gasteiger partial charge in [-0.3, -0.25) is 9.13 Å². The molecule has 0 fully saturated rings. The molecular weight excluding hydrogens is 757 g/mol. The molecule has 6 heterocycles. The first-order chi connectivity index (χ1) is 30.7. The Hall–Kier alpha value is -8.48. The van der Waals surface area contributed by atoms with Gasteiger partial charge in [-0.1, -0.05) is 146 Å². The lowest BCUT2D eigenvalue weighted by Crippen LogP contribution is -2.01. The summed E-state index contributed by atoms with van der Waals surface area (Å²) in [5, 5.41) is 4.77. The van der Waals surface area contributed by atoms with Crippen molar-refractivity contribution < 1.29 is 0 Å². The maximum absolute atomic E-state index is 5.38. The summed E-state index contributed by atoms with van der Waals surface area (Å²) in [4.78, 5) is 21.4. The molecule has 6 heteroatoms. The Labute approximate surface area is 357 Å². The van der Waals surface area contributed by atoms with E-state index in [9.17, 15) is 0 Å². The minimum absolute atomic E-state index is 0.739. The quantitative estimate of drug-likeness (QED) is 0.161. The van der Waals surface area contributed by atoms with Gasteiger partial charge < -0.3 is 0 Å². The summed E-state index contributed by atoms with van der Waals surface area (Å²) < 4.78 is 4.49. The third-order valence-electron chi connectivity index (χ3n) is 11.7. The van der Waals surface area contributed by atoms with Gasteiger partial charge in [-0.05, 0) is 95.1 Å². The Morgan fingerprint density at radius 1 is 0.226 bits per heavy atom. The second kappa shape index (κ2) is 14.7. The van der Waals surface area contributed by atoms with Gasteiger partial charge in [-0.25, -0.2) is 19.9 Å². The molecule has 0 amide bonds. The number of benzene rings is 6. The highest BCUT2D eigenvalue weighted by Gasteiger charge is 2.18. The number of pyridine rings is 4. The van der Waals surface area contributed by atoms with E-state index in [2.05, 4.69) is 203 Å². The van der Waals surface area contributed by atoms with Gasteiger partial charge in [0.1, 0.15) is 11.6 Å². The standard InChI is InChI=1S/C56H36N6/c1-3-17-37(18-4-1)39-33-47(45-25-15-31-55(59-45)61-51-27-11-7-21-41(51)42-22-8-12-28-52(42)61)57-49(35-39)50-36-40(38-19-5-2-6-20-38)34-48(58-50)46-26-16-32-56(60-46)62-53-29-13-9-23-43(53)44-24-10-14-30-54(44)62/h1-36H. The van der Waals surface area contributed by atoms with E-state index in [0.717, 1.165) is 90.1 Å². The van der Waals surface area contributed by atoms with Crippen molar-refractivity contribution in [3.63, 3.8) is 0 Å². The molecule has 6 aromatic heterocycles. The minimum Gasteiger partial charge on any atom is -0.294 e. The largest absolute Gasteiger partial charge is 0.294 e. The summed E-state index contributed by atoms with van der Waals surface area (Å²) >= 11 is 0. The van der Waals surface area contributed by atoms with Crippen LogP contribution in [0.4, 0.5) is 0 Å². The highest BCUT2D eigenvalue weighted by Crippen LogP contribution is 2.36. The van der Waals surface area contributed by atoms with E-state index in [1.165, 1.54) is 21.5 Å². The smallest absolute Gasteiger partial charge is 0.138 e. The first kappa shape index (κ1) is 35.5. The van der Waals surface area contributed by atoms with Crippen molar-refractivity contribution in [2.45, 2.75) is 0 Å². The first-order valence-electron chi connectivity index (χ1n) is 20.8. The molecule has 0 atom stereocenters. The second-order valence-corrected chi connectivity index (χ2v) is 15.5. The van der Waals surface area contributed by atoms with Gasteiger partial charge in [-0.2, -0.15) is 0 Å². The van der Waals surface area contributed by atoms with Gasteiger partial charge in [0, 0.05) is 21.5 Å². The monoisotopic (exact) mass is 792 g/mol. The fourth-order valence-electron chi connectivity index (χ4n) is 8.90. The second-order valence-electron chi connectivity index (χ2n) is 15.5. The lowest BCUT2D eigenvalue weighted by atomic mass is 10.00. The summed E-state index contributed by atoms with van der Waals surface area (Å²) in [6.45, 7) is 0. The van der Waals surface area contributed by atoms with Crippen LogP contribution >= 0.6 is 0 Å². The predicted octanol–water partition coefficient (Wildman–Crippen LogP) is 13.8. The van der Waals surface area contributed by atoms with E-state index in [-0.39, 0.29) is 0 Å². The van der Waals surface area contributed by atoms with Crippen molar-refractivity contribution in [2.24, 2.45) is 0 Å². The molecule has 0 spiro atoms. The molecule has 0 aliphatic heterocycles. The zero-order valence-corrected chi connectivity index (χ0v) is 33.5. The molecule has 62 heavy (non-hydrogen) atoms. The average Bonchev–Trinajstić information content (AvgIpc) is 3.87. The van der Waals surface area contributed by atoms with Crippen LogP contribution in [0, 0.1) is 0 Å². The summed E-state index contributed by atoms with van der Waals surface area (Å²) in [6.07, 6.45) is 0. The molecule has 0 unspecified atom stereocenters. The summed E-state index contributed by atoms with van der Waals surface area (Å²) in [5.74, 6) is 1.66. The number of fused-ring (bicyclic) bond motifs is 6. The summed E-state index contributed by atoms with van der Waals surface area (Å²) in [5.41, 5.74) is 13.2. The van der Waals surface area contributed by atoms with Crippen molar-refractivity contribution in [2.75, 3.05) is 0 Å². The average molecular weight is 793 g/mol. The molecule has 6 nitrogen and oxygen atoms in total. The molecule has 0 aliphatic carbocycles. The van der Waals surface area contributed by atoms with E-state index in [1.54, 1.807) is 0 Å². The molecule has 0 radical (unpaired) electrons.